The van der Waals surface area contributed by atoms with Crippen LogP contribution in [0.25, 0.3) is 0 Å². The molecule has 4 heteroatoms. The van der Waals surface area contributed by atoms with Crippen LogP contribution in [0.15, 0.2) is 0 Å². The number of rotatable bonds is 3. The van der Waals surface area contributed by atoms with Crippen molar-refractivity contribution in [1.82, 2.24) is 0 Å². The van der Waals surface area contributed by atoms with E-state index in [-0.39, 0.29) is 12.1 Å². The number of hydrogen-bond donors (Lipinski definition) is 0. The molecule has 1 heterocycles. The Morgan fingerprint density at radius 1 is 1.38 bits per heavy atom. The Balaban J connectivity index is 1.96. The van der Waals surface area contributed by atoms with Crippen molar-refractivity contribution in [3.05, 3.63) is 0 Å². The summed E-state index contributed by atoms with van der Waals surface area (Å²) in [5, 5.41) is 0. The molecule has 0 N–H and O–H groups in total. The zero-order chi connectivity index (χ0) is 11.4. The Morgan fingerprint density at radius 3 is 2.81 bits per heavy atom. The minimum absolute atomic E-state index is 0.132. The topological polar surface area (TPSA) is 44.8 Å². The van der Waals surface area contributed by atoms with Crippen LogP contribution in [0.1, 0.15) is 45.4 Å². The summed E-state index contributed by atoms with van der Waals surface area (Å²) in [6, 6.07) is 0. The molecule has 1 unspecified atom stereocenters. The predicted molar refractivity (Wildman–Crippen MR) is 57.9 cm³/mol. The fourth-order valence-electron chi connectivity index (χ4n) is 2.45. The normalized spacial score (nSPS) is 28.2. The molecule has 1 saturated carbocycles. The lowest BCUT2D eigenvalue weighted by molar-refractivity contribution is -0.245. The summed E-state index contributed by atoms with van der Waals surface area (Å²) in [5.41, 5.74) is 0. The molecule has 1 atom stereocenters. The van der Waals surface area contributed by atoms with Crippen LogP contribution >= 0.6 is 0 Å². The van der Waals surface area contributed by atoms with Crippen LogP contribution in [0.4, 0.5) is 0 Å². The maximum absolute atomic E-state index is 11.5. The first-order valence-electron chi connectivity index (χ1n) is 6.24. The van der Waals surface area contributed by atoms with Gasteiger partial charge in [-0.05, 0) is 25.7 Å². The largest absolute Gasteiger partial charge is 0.457 e. The van der Waals surface area contributed by atoms with Gasteiger partial charge in [0.1, 0.15) is 0 Å². The minimum Gasteiger partial charge on any atom is -0.457 e. The Bertz CT molecular complexity index is 245. The second-order valence-corrected chi connectivity index (χ2v) is 4.48. The van der Waals surface area contributed by atoms with Gasteiger partial charge in [-0.1, -0.05) is 6.92 Å². The third-order valence-electron chi connectivity index (χ3n) is 3.24. The highest BCUT2D eigenvalue weighted by atomic mass is 16.8. The average Bonchev–Trinajstić information content (AvgIpc) is 2.72. The minimum atomic E-state index is -0.623. The molecule has 1 saturated heterocycles. The van der Waals surface area contributed by atoms with Crippen LogP contribution < -0.4 is 0 Å². The van der Waals surface area contributed by atoms with Crippen molar-refractivity contribution in [2.24, 2.45) is 0 Å². The molecule has 1 aliphatic heterocycles. The van der Waals surface area contributed by atoms with Crippen LogP contribution in [0.3, 0.4) is 0 Å². The molecule has 16 heavy (non-hydrogen) atoms. The first-order valence-corrected chi connectivity index (χ1v) is 6.24. The van der Waals surface area contributed by atoms with Crippen molar-refractivity contribution in [1.29, 1.82) is 0 Å². The van der Waals surface area contributed by atoms with Gasteiger partial charge in [0.15, 0.2) is 6.10 Å². The Kier molecular flexibility index (Phi) is 3.82. The van der Waals surface area contributed by atoms with Gasteiger partial charge in [0, 0.05) is 12.8 Å². The molecular weight excluding hydrogens is 208 g/mol. The lowest BCUT2D eigenvalue weighted by Gasteiger charge is -2.38. The van der Waals surface area contributed by atoms with E-state index in [4.69, 9.17) is 14.2 Å². The maximum atomic E-state index is 11.5. The van der Waals surface area contributed by atoms with Crippen LogP contribution in [0.5, 0.6) is 0 Å². The summed E-state index contributed by atoms with van der Waals surface area (Å²) in [4.78, 5) is 11.5. The van der Waals surface area contributed by atoms with Gasteiger partial charge < -0.3 is 14.2 Å². The fourth-order valence-corrected chi connectivity index (χ4v) is 2.45. The number of esters is 1. The molecular formula is C12H20O4. The highest BCUT2D eigenvalue weighted by Gasteiger charge is 2.48. The van der Waals surface area contributed by atoms with Crippen molar-refractivity contribution in [3.63, 3.8) is 0 Å². The molecule has 0 aromatic heterocycles. The van der Waals surface area contributed by atoms with E-state index in [1.165, 1.54) is 0 Å². The van der Waals surface area contributed by atoms with Gasteiger partial charge in [-0.15, -0.1) is 0 Å². The van der Waals surface area contributed by atoms with E-state index in [0.717, 1.165) is 32.1 Å². The number of carbonyl (C=O) groups excluding carboxylic acids is 1. The fraction of sp³-hybridized carbons (Fsp3) is 0.917. The van der Waals surface area contributed by atoms with Crippen LogP contribution in [0.2, 0.25) is 0 Å². The lowest BCUT2D eigenvalue weighted by Crippen LogP contribution is -2.48. The van der Waals surface area contributed by atoms with E-state index in [2.05, 4.69) is 0 Å². The summed E-state index contributed by atoms with van der Waals surface area (Å²) in [5.74, 6) is -0.755. The Morgan fingerprint density at radius 2 is 2.12 bits per heavy atom. The van der Waals surface area contributed by atoms with Crippen molar-refractivity contribution in [2.45, 2.75) is 57.3 Å². The van der Waals surface area contributed by atoms with E-state index < -0.39 is 5.79 Å². The van der Waals surface area contributed by atoms with Gasteiger partial charge in [-0.3, -0.25) is 4.79 Å². The third kappa shape index (κ3) is 2.38. The van der Waals surface area contributed by atoms with Crippen LogP contribution in [-0.4, -0.2) is 31.1 Å². The van der Waals surface area contributed by atoms with Gasteiger partial charge in [0.2, 0.25) is 5.79 Å². The summed E-state index contributed by atoms with van der Waals surface area (Å²) in [6.45, 7) is 3.20. The molecule has 0 aromatic rings. The highest BCUT2D eigenvalue weighted by Crippen LogP contribution is 2.37. The summed E-state index contributed by atoms with van der Waals surface area (Å²) in [7, 11) is 0. The van der Waals surface area contributed by atoms with E-state index in [1.54, 1.807) is 0 Å². The maximum Gasteiger partial charge on any atom is 0.306 e. The molecule has 92 valence electrons. The van der Waals surface area contributed by atoms with E-state index in [0.29, 0.717) is 19.6 Å². The summed E-state index contributed by atoms with van der Waals surface area (Å²) < 4.78 is 16.8. The van der Waals surface area contributed by atoms with Crippen LogP contribution in [-0.2, 0) is 19.0 Å². The number of ether oxygens (including phenoxy) is 3. The van der Waals surface area contributed by atoms with E-state index in [1.807, 2.05) is 6.92 Å². The van der Waals surface area contributed by atoms with Gasteiger partial charge in [-0.2, -0.15) is 0 Å². The molecule has 2 aliphatic rings. The molecule has 4 nitrogen and oxygen atoms in total. The number of hydrogen-bond acceptors (Lipinski definition) is 4. The highest BCUT2D eigenvalue weighted by molar-refractivity contribution is 5.69. The second-order valence-electron chi connectivity index (χ2n) is 4.48. The molecule has 0 aromatic carbocycles. The summed E-state index contributed by atoms with van der Waals surface area (Å²) in [6.07, 6.45) is 4.96. The van der Waals surface area contributed by atoms with Gasteiger partial charge in [-0.25, -0.2) is 0 Å². The molecule has 2 rings (SSSR count). The quantitative estimate of drug-likeness (QED) is 0.693. The molecule has 1 aliphatic carbocycles. The van der Waals surface area contributed by atoms with Gasteiger partial charge in [0.25, 0.3) is 0 Å². The Labute approximate surface area is 96.2 Å². The van der Waals surface area contributed by atoms with Crippen LogP contribution in [0, 0.1) is 0 Å². The molecule has 2 fully saturated rings. The predicted octanol–water partition coefficient (Wildman–Crippen LogP) is 2.02. The molecule has 0 radical (unpaired) electrons. The smallest absolute Gasteiger partial charge is 0.306 e. The lowest BCUT2D eigenvalue weighted by atomic mass is 9.91. The first kappa shape index (κ1) is 11.9. The average molecular weight is 228 g/mol. The molecule has 0 amide bonds. The zero-order valence-electron chi connectivity index (χ0n) is 9.87. The molecule has 1 spiro atoms. The summed E-state index contributed by atoms with van der Waals surface area (Å²) >= 11 is 0. The van der Waals surface area contributed by atoms with E-state index >= 15 is 0 Å². The standard InChI is InChI=1S/C12H20O4/c1-2-5-11(13)16-10-6-3-4-7-12(10)14-8-9-15-12/h10H,2-9H2,1H3. The number of carbonyl (C=O) groups is 1. The molecule has 0 bridgehead atoms. The second kappa shape index (κ2) is 5.15. The Hall–Kier alpha value is -0.610. The monoisotopic (exact) mass is 228 g/mol. The van der Waals surface area contributed by atoms with Crippen molar-refractivity contribution in [3.8, 4) is 0 Å². The van der Waals surface area contributed by atoms with Crippen molar-refractivity contribution >= 4 is 5.97 Å². The van der Waals surface area contributed by atoms with E-state index in [9.17, 15) is 4.79 Å². The first-order chi connectivity index (χ1) is 7.77. The van der Waals surface area contributed by atoms with Crippen molar-refractivity contribution in [2.75, 3.05) is 13.2 Å². The zero-order valence-corrected chi connectivity index (χ0v) is 9.87. The van der Waals surface area contributed by atoms with Gasteiger partial charge in [0.05, 0.1) is 13.2 Å². The third-order valence-corrected chi connectivity index (χ3v) is 3.24. The SMILES string of the molecule is CCCC(=O)OC1CCCCC12OCCO2. The van der Waals surface area contributed by atoms with Gasteiger partial charge >= 0.3 is 5.97 Å². The van der Waals surface area contributed by atoms with Crippen molar-refractivity contribution < 1.29 is 19.0 Å².